The number of aliphatic imine (C=N–C) groups is 1. The number of nitrogens with two attached hydrogens (primary N) is 1. The van der Waals surface area contributed by atoms with Crippen molar-refractivity contribution in [2.75, 3.05) is 13.6 Å². The van der Waals surface area contributed by atoms with Gasteiger partial charge in [-0.2, -0.15) is 0 Å². The molecule has 0 spiro atoms. The van der Waals surface area contributed by atoms with Crippen molar-refractivity contribution < 1.29 is 8.42 Å². The first-order valence-electron chi connectivity index (χ1n) is 9.97. The molecule has 6 nitrogen and oxygen atoms in total. The minimum Gasteiger partial charge on any atom is -0.356 e. The fraction of sp³-hybridized carbons (Fsp3) is 0.650. The van der Waals surface area contributed by atoms with Crippen molar-refractivity contribution in [3.8, 4) is 0 Å². The van der Waals surface area contributed by atoms with E-state index in [0.717, 1.165) is 30.4 Å². The van der Waals surface area contributed by atoms with Gasteiger partial charge in [-0.25, -0.2) is 13.6 Å². The summed E-state index contributed by atoms with van der Waals surface area (Å²) in [6.45, 7) is 2.94. The molecule has 0 bridgehead atoms. The molecule has 1 aromatic rings. The van der Waals surface area contributed by atoms with Crippen LogP contribution in [0.2, 0.25) is 0 Å². The summed E-state index contributed by atoms with van der Waals surface area (Å²) in [4.78, 5) is 4.44. The van der Waals surface area contributed by atoms with Gasteiger partial charge in [0.05, 0.1) is 4.90 Å². The van der Waals surface area contributed by atoms with Crippen molar-refractivity contribution in [2.24, 2.45) is 16.0 Å². The number of guanidine groups is 1. The van der Waals surface area contributed by atoms with Crippen LogP contribution in [0.4, 0.5) is 0 Å². The van der Waals surface area contributed by atoms with Gasteiger partial charge in [-0.05, 0) is 49.8 Å². The zero-order chi connectivity index (χ0) is 19.7. The van der Waals surface area contributed by atoms with E-state index in [0.29, 0.717) is 6.04 Å². The number of nitrogens with one attached hydrogen (secondary N) is 2. The standard InChI is InChI=1S/C20H34N4O2S/c1-16(8-9-17-6-4-3-5-7-17)24-20(22-2)23-15-14-18-10-12-19(13-11-18)27(21,25)26/h10-13,16-17H,3-9,14-15H2,1-2H3,(H2,21,25,26)(H2,22,23,24). The van der Waals surface area contributed by atoms with Gasteiger partial charge in [0.1, 0.15) is 0 Å². The van der Waals surface area contributed by atoms with Gasteiger partial charge in [-0.15, -0.1) is 0 Å². The van der Waals surface area contributed by atoms with E-state index in [9.17, 15) is 8.42 Å². The maximum atomic E-state index is 11.3. The molecule has 1 atom stereocenters. The Morgan fingerprint density at radius 2 is 1.89 bits per heavy atom. The third kappa shape index (κ3) is 7.89. The quantitative estimate of drug-likeness (QED) is 0.466. The Labute approximate surface area is 164 Å². The maximum Gasteiger partial charge on any atom is 0.238 e. The average Bonchev–Trinajstić information content (AvgIpc) is 2.66. The van der Waals surface area contributed by atoms with E-state index in [4.69, 9.17) is 5.14 Å². The van der Waals surface area contributed by atoms with Crippen molar-refractivity contribution in [3.63, 3.8) is 0 Å². The third-order valence-electron chi connectivity index (χ3n) is 5.30. The van der Waals surface area contributed by atoms with E-state index >= 15 is 0 Å². The largest absolute Gasteiger partial charge is 0.356 e. The van der Waals surface area contributed by atoms with Crippen LogP contribution in [0.25, 0.3) is 0 Å². The first kappa shape index (κ1) is 21.7. The van der Waals surface area contributed by atoms with Gasteiger partial charge in [0.25, 0.3) is 0 Å². The van der Waals surface area contributed by atoms with Gasteiger partial charge >= 0.3 is 0 Å². The van der Waals surface area contributed by atoms with Gasteiger partial charge < -0.3 is 10.6 Å². The Morgan fingerprint density at radius 1 is 1.22 bits per heavy atom. The number of hydrogen-bond donors (Lipinski definition) is 3. The minimum atomic E-state index is -3.63. The summed E-state index contributed by atoms with van der Waals surface area (Å²) >= 11 is 0. The lowest BCUT2D eigenvalue weighted by molar-refractivity contribution is 0.322. The number of nitrogens with zero attached hydrogens (tertiary/aromatic N) is 1. The molecule has 0 amide bonds. The smallest absolute Gasteiger partial charge is 0.238 e. The second-order valence-corrected chi connectivity index (χ2v) is 9.13. The highest BCUT2D eigenvalue weighted by molar-refractivity contribution is 7.89. The molecule has 27 heavy (non-hydrogen) atoms. The topological polar surface area (TPSA) is 96.6 Å². The molecule has 1 aliphatic carbocycles. The fourth-order valence-corrected chi connectivity index (χ4v) is 4.15. The number of rotatable bonds is 8. The van der Waals surface area contributed by atoms with Gasteiger partial charge in [-0.1, -0.05) is 44.2 Å². The van der Waals surface area contributed by atoms with Gasteiger partial charge in [0.2, 0.25) is 10.0 Å². The first-order valence-corrected chi connectivity index (χ1v) is 11.5. The van der Waals surface area contributed by atoms with Crippen LogP contribution in [-0.2, 0) is 16.4 Å². The molecule has 7 heteroatoms. The molecule has 0 aliphatic heterocycles. The molecular weight excluding hydrogens is 360 g/mol. The van der Waals surface area contributed by atoms with Crippen LogP contribution >= 0.6 is 0 Å². The van der Waals surface area contributed by atoms with Crippen LogP contribution in [0, 0.1) is 5.92 Å². The molecule has 1 fully saturated rings. The summed E-state index contributed by atoms with van der Waals surface area (Å²) in [6, 6.07) is 7.08. The van der Waals surface area contributed by atoms with E-state index in [1.807, 2.05) is 0 Å². The summed E-state index contributed by atoms with van der Waals surface area (Å²) in [5.74, 6) is 1.71. The second-order valence-electron chi connectivity index (χ2n) is 7.56. The van der Waals surface area contributed by atoms with Crippen LogP contribution in [0.15, 0.2) is 34.2 Å². The minimum absolute atomic E-state index is 0.142. The van der Waals surface area contributed by atoms with Crippen molar-refractivity contribution in [1.82, 2.24) is 10.6 Å². The number of hydrogen-bond acceptors (Lipinski definition) is 3. The molecule has 0 heterocycles. The molecule has 1 aliphatic rings. The molecule has 0 saturated heterocycles. The fourth-order valence-electron chi connectivity index (χ4n) is 3.63. The second kappa shape index (κ2) is 10.7. The summed E-state index contributed by atoms with van der Waals surface area (Å²) in [6.07, 6.45) is 10.2. The van der Waals surface area contributed by atoms with Crippen LogP contribution in [0.1, 0.15) is 57.4 Å². The third-order valence-corrected chi connectivity index (χ3v) is 6.23. The SMILES string of the molecule is CN=C(NCCc1ccc(S(N)(=O)=O)cc1)NC(C)CCC1CCCCC1. The van der Waals surface area contributed by atoms with Crippen molar-refractivity contribution >= 4 is 16.0 Å². The van der Waals surface area contributed by atoms with E-state index in [2.05, 4.69) is 22.5 Å². The van der Waals surface area contributed by atoms with Crippen LogP contribution in [-0.4, -0.2) is 34.0 Å². The maximum absolute atomic E-state index is 11.3. The Bertz CT molecular complexity index is 695. The van der Waals surface area contributed by atoms with Crippen molar-refractivity contribution in [2.45, 2.75) is 69.2 Å². The molecule has 0 radical (unpaired) electrons. The molecule has 4 N–H and O–H groups in total. The summed E-state index contributed by atoms with van der Waals surface area (Å²) in [5, 5.41) is 11.9. The normalized spacial score (nSPS) is 17.5. The van der Waals surface area contributed by atoms with Crippen LogP contribution in [0.5, 0.6) is 0 Å². The van der Waals surface area contributed by atoms with Gasteiger partial charge in [0.15, 0.2) is 5.96 Å². The van der Waals surface area contributed by atoms with E-state index in [1.54, 1.807) is 31.3 Å². The van der Waals surface area contributed by atoms with E-state index in [-0.39, 0.29) is 4.90 Å². The Morgan fingerprint density at radius 3 is 2.48 bits per heavy atom. The molecule has 1 unspecified atom stereocenters. The molecule has 0 aromatic heterocycles. The zero-order valence-electron chi connectivity index (χ0n) is 16.6. The van der Waals surface area contributed by atoms with Crippen LogP contribution < -0.4 is 15.8 Å². The molecule has 1 aromatic carbocycles. The lowest BCUT2D eigenvalue weighted by Gasteiger charge is -2.24. The van der Waals surface area contributed by atoms with Crippen LogP contribution in [0.3, 0.4) is 0 Å². The lowest BCUT2D eigenvalue weighted by atomic mass is 9.85. The van der Waals surface area contributed by atoms with E-state index < -0.39 is 10.0 Å². The Balaban J connectivity index is 1.70. The zero-order valence-corrected chi connectivity index (χ0v) is 17.4. The predicted molar refractivity (Wildman–Crippen MR) is 111 cm³/mol. The molecule has 1 saturated carbocycles. The first-order chi connectivity index (χ1) is 12.9. The van der Waals surface area contributed by atoms with E-state index in [1.165, 1.54) is 44.9 Å². The summed E-state index contributed by atoms with van der Waals surface area (Å²) in [5.41, 5.74) is 1.05. The predicted octanol–water partition coefficient (Wildman–Crippen LogP) is 2.79. The molecule has 2 rings (SSSR count). The summed E-state index contributed by atoms with van der Waals surface area (Å²) < 4.78 is 22.6. The molecular formula is C20H34N4O2S. The summed E-state index contributed by atoms with van der Waals surface area (Å²) in [7, 11) is -1.85. The Hall–Kier alpha value is -1.60. The number of primary sulfonamides is 1. The lowest BCUT2D eigenvalue weighted by Crippen LogP contribution is -2.43. The van der Waals surface area contributed by atoms with Crippen molar-refractivity contribution in [1.29, 1.82) is 0 Å². The Kier molecular flexibility index (Phi) is 8.57. The number of sulfonamides is 1. The highest BCUT2D eigenvalue weighted by Crippen LogP contribution is 2.27. The van der Waals surface area contributed by atoms with Crippen molar-refractivity contribution in [3.05, 3.63) is 29.8 Å². The van der Waals surface area contributed by atoms with Gasteiger partial charge in [-0.3, -0.25) is 4.99 Å². The molecule has 152 valence electrons. The highest BCUT2D eigenvalue weighted by Gasteiger charge is 2.15. The average molecular weight is 395 g/mol. The number of benzene rings is 1. The van der Waals surface area contributed by atoms with Gasteiger partial charge in [0, 0.05) is 19.6 Å². The highest BCUT2D eigenvalue weighted by atomic mass is 32.2. The monoisotopic (exact) mass is 394 g/mol.